The van der Waals surface area contributed by atoms with Gasteiger partial charge in [-0.05, 0) is 137 Å². The average molecular weight is 712 g/mol. The highest BCUT2D eigenvalue weighted by Gasteiger charge is 2.61. The summed E-state index contributed by atoms with van der Waals surface area (Å²) in [6.07, 6.45) is 7.01. The Morgan fingerprint density at radius 2 is 1.06 bits per heavy atom. The molecule has 2 heteroatoms. The van der Waals surface area contributed by atoms with E-state index in [1.165, 1.54) is 103 Å². The van der Waals surface area contributed by atoms with E-state index < -0.39 is 0 Å². The normalized spacial score (nSPS) is 23.3. The lowest BCUT2D eigenvalue weighted by atomic mass is 9.43. The number of fused-ring (bicyclic) bond motifs is 6. The standard InChI is InChI=1S/C52H41NS/c1-3-11-35(12-4-1)37-19-24-49(46(30-37)36-13-5-2-6-14-36)53(41-21-23-45-44-16-8-10-18-50(44)54-51(45)32-41)40-20-22-43-42-15-7-9-17-47(42)52(48(43)31-40)38-26-33-25-34(28-38)29-39(52)27-33/h1-24,30-34,38-39H,25-29H2. The molecule has 5 aliphatic carbocycles. The van der Waals surface area contributed by atoms with Gasteiger partial charge in [0.1, 0.15) is 0 Å². The Hall–Kier alpha value is -5.44. The maximum atomic E-state index is 2.65. The van der Waals surface area contributed by atoms with Gasteiger partial charge in [-0.2, -0.15) is 0 Å². The van der Waals surface area contributed by atoms with Crippen LogP contribution in [-0.2, 0) is 5.41 Å². The maximum Gasteiger partial charge on any atom is 0.0540 e. The van der Waals surface area contributed by atoms with Crippen LogP contribution in [0.1, 0.15) is 43.2 Å². The molecule has 7 aromatic carbocycles. The number of nitrogens with zero attached hydrogens (tertiary/aromatic N) is 1. The molecule has 13 rings (SSSR count). The molecule has 0 atom stereocenters. The lowest BCUT2D eigenvalue weighted by Crippen LogP contribution is -2.55. The second-order valence-corrected chi connectivity index (χ2v) is 17.6. The van der Waals surface area contributed by atoms with Crippen LogP contribution >= 0.6 is 11.3 Å². The van der Waals surface area contributed by atoms with Gasteiger partial charge in [0.15, 0.2) is 0 Å². The molecule has 260 valence electrons. The first-order chi connectivity index (χ1) is 26.7. The van der Waals surface area contributed by atoms with Crippen LogP contribution in [0.25, 0.3) is 53.6 Å². The van der Waals surface area contributed by atoms with Crippen LogP contribution in [0, 0.1) is 23.7 Å². The molecular weight excluding hydrogens is 671 g/mol. The highest BCUT2D eigenvalue weighted by molar-refractivity contribution is 7.25. The third-order valence-corrected chi connectivity index (χ3v) is 15.0. The maximum absolute atomic E-state index is 2.65. The summed E-state index contributed by atoms with van der Waals surface area (Å²) >= 11 is 1.90. The summed E-state index contributed by atoms with van der Waals surface area (Å²) in [6, 6.07) is 62.0. The first-order valence-electron chi connectivity index (χ1n) is 19.9. The molecular formula is C52H41NS. The van der Waals surface area contributed by atoms with Crippen molar-refractivity contribution in [3.05, 3.63) is 175 Å². The summed E-state index contributed by atoms with van der Waals surface area (Å²) in [6.45, 7) is 0. The molecule has 0 saturated heterocycles. The van der Waals surface area contributed by atoms with Crippen molar-refractivity contribution in [2.75, 3.05) is 4.90 Å². The minimum Gasteiger partial charge on any atom is -0.310 e. The van der Waals surface area contributed by atoms with Crippen LogP contribution in [-0.4, -0.2) is 0 Å². The van der Waals surface area contributed by atoms with Gasteiger partial charge in [0.05, 0.1) is 5.69 Å². The van der Waals surface area contributed by atoms with Crippen LogP contribution in [0.2, 0.25) is 0 Å². The summed E-state index contributed by atoms with van der Waals surface area (Å²) in [7, 11) is 0. The number of benzene rings is 7. The lowest BCUT2D eigenvalue weighted by molar-refractivity contribution is -0.0399. The Morgan fingerprint density at radius 3 is 1.85 bits per heavy atom. The number of hydrogen-bond acceptors (Lipinski definition) is 2. The highest BCUT2D eigenvalue weighted by atomic mass is 32.1. The fraction of sp³-hybridized carbons (Fsp3) is 0.192. The number of rotatable bonds is 5. The van der Waals surface area contributed by atoms with Crippen molar-refractivity contribution in [2.24, 2.45) is 23.7 Å². The van der Waals surface area contributed by atoms with Crippen LogP contribution < -0.4 is 4.90 Å². The van der Waals surface area contributed by atoms with Gasteiger partial charge in [0.25, 0.3) is 0 Å². The van der Waals surface area contributed by atoms with Gasteiger partial charge in [-0.1, -0.05) is 121 Å². The zero-order valence-electron chi connectivity index (χ0n) is 30.3. The molecule has 54 heavy (non-hydrogen) atoms. The molecule has 0 aliphatic heterocycles. The average Bonchev–Trinajstić information content (AvgIpc) is 3.74. The first kappa shape index (κ1) is 31.0. The van der Waals surface area contributed by atoms with Gasteiger partial charge >= 0.3 is 0 Å². The van der Waals surface area contributed by atoms with Gasteiger partial charge in [-0.3, -0.25) is 0 Å². The van der Waals surface area contributed by atoms with E-state index in [1.54, 1.807) is 11.1 Å². The summed E-state index contributed by atoms with van der Waals surface area (Å²) in [5, 5.41) is 2.67. The number of hydrogen-bond donors (Lipinski definition) is 0. The van der Waals surface area contributed by atoms with Crippen molar-refractivity contribution in [3.63, 3.8) is 0 Å². The fourth-order valence-electron chi connectivity index (χ4n) is 12.0. The monoisotopic (exact) mass is 711 g/mol. The summed E-state index contributed by atoms with van der Waals surface area (Å²) < 4.78 is 2.67. The Morgan fingerprint density at radius 1 is 0.426 bits per heavy atom. The van der Waals surface area contributed by atoms with Crippen molar-refractivity contribution < 1.29 is 0 Å². The largest absolute Gasteiger partial charge is 0.310 e. The molecule has 5 aliphatic rings. The van der Waals surface area contributed by atoms with Crippen molar-refractivity contribution in [1.82, 2.24) is 0 Å². The summed E-state index contributed by atoms with van der Waals surface area (Å²) in [5.74, 6) is 3.27. The van der Waals surface area contributed by atoms with E-state index in [0.717, 1.165) is 23.7 Å². The van der Waals surface area contributed by atoms with E-state index in [1.807, 2.05) is 11.3 Å². The zero-order chi connectivity index (χ0) is 35.4. The molecule has 4 saturated carbocycles. The molecule has 0 N–H and O–H groups in total. The van der Waals surface area contributed by atoms with Crippen LogP contribution in [0.15, 0.2) is 164 Å². The lowest BCUT2D eigenvalue weighted by Gasteiger charge is -2.61. The summed E-state index contributed by atoms with van der Waals surface area (Å²) in [5.41, 5.74) is 14.8. The third-order valence-electron chi connectivity index (χ3n) is 13.8. The predicted octanol–water partition coefficient (Wildman–Crippen LogP) is 14.6. The van der Waals surface area contributed by atoms with Crippen molar-refractivity contribution in [2.45, 2.75) is 37.5 Å². The van der Waals surface area contributed by atoms with Crippen molar-refractivity contribution >= 4 is 48.6 Å². The summed E-state index contributed by atoms with van der Waals surface area (Å²) in [4.78, 5) is 2.58. The Balaban J connectivity index is 1.11. The van der Waals surface area contributed by atoms with E-state index in [9.17, 15) is 0 Å². The number of anilines is 3. The van der Waals surface area contributed by atoms with E-state index >= 15 is 0 Å². The van der Waals surface area contributed by atoms with E-state index in [2.05, 4.69) is 169 Å². The van der Waals surface area contributed by atoms with Gasteiger partial charge in [0, 0.05) is 42.5 Å². The molecule has 4 bridgehead atoms. The second kappa shape index (κ2) is 11.8. The fourth-order valence-corrected chi connectivity index (χ4v) is 13.1. The molecule has 8 aromatic rings. The van der Waals surface area contributed by atoms with Gasteiger partial charge in [-0.15, -0.1) is 11.3 Å². The molecule has 0 unspecified atom stereocenters. The molecule has 0 radical (unpaired) electrons. The topological polar surface area (TPSA) is 3.24 Å². The Kier molecular flexibility index (Phi) is 6.75. The second-order valence-electron chi connectivity index (χ2n) is 16.5. The SMILES string of the molecule is c1ccc(-c2ccc(N(c3ccc4c(c3)C3(c5ccccc5-4)C4CC5CC(C4)CC3C5)c3ccc4c(c3)sc3ccccc34)c(-c3ccccc3)c2)cc1. The minimum absolute atomic E-state index is 0.107. The van der Waals surface area contributed by atoms with E-state index in [4.69, 9.17) is 0 Å². The molecule has 0 amide bonds. The molecule has 1 spiro atoms. The Bertz CT molecular complexity index is 2710. The van der Waals surface area contributed by atoms with Gasteiger partial charge in [0.2, 0.25) is 0 Å². The van der Waals surface area contributed by atoms with E-state index in [0.29, 0.717) is 0 Å². The molecule has 1 nitrogen and oxygen atoms in total. The third kappa shape index (κ3) is 4.44. The van der Waals surface area contributed by atoms with Gasteiger partial charge < -0.3 is 4.90 Å². The smallest absolute Gasteiger partial charge is 0.0540 e. The van der Waals surface area contributed by atoms with Crippen LogP contribution in [0.3, 0.4) is 0 Å². The van der Waals surface area contributed by atoms with Crippen LogP contribution in [0.5, 0.6) is 0 Å². The Labute approximate surface area is 321 Å². The van der Waals surface area contributed by atoms with Crippen molar-refractivity contribution in [3.8, 4) is 33.4 Å². The highest BCUT2D eigenvalue weighted by Crippen LogP contribution is 2.69. The quantitative estimate of drug-likeness (QED) is 0.172. The number of thiophene rings is 1. The van der Waals surface area contributed by atoms with E-state index in [-0.39, 0.29) is 5.41 Å². The molecule has 4 fully saturated rings. The molecule has 1 aromatic heterocycles. The zero-order valence-corrected chi connectivity index (χ0v) is 31.1. The minimum atomic E-state index is 0.107. The molecule has 1 heterocycles. The van der Waals surface area contributed by atoms with Crippen LogP contribution in [0.4, 0.5) is 17.1 Å². The first-order valence-corrected chi connectivity index (χ1v) is 20.7. The van der Waals surface area contributed by atoms with Crippen molar-refractivity contribution in [1.29, 1.82) is 0 Å². The predicted molar refractivity (Wildman–Crippen MR) is 228 cm³/mol. The van der Waals surface area contributed by atoms with Gasteiger partial charge in [-0.25, -0.2) is 0 Å².